The topological polar surface area (TPSA) is 89.7 Å². The van der Waals surface area contributed by atoms with E-state index in [9.17, 15) is 14.4 Å². The average Bonchev–Trinajstić information content (AvgIpc) is 2.67. The summed E-state index contributed by atoms with van der Waals surface area (Å²) >= 11 is 0. The predicted molar refractivity (Wildman–Crippen MR) is 69.0 cm³/mol. The Balaban J connectivity index is 2.65. The molecule has 6 nitrogen and oxygen atoms in total. The normalized spacial score (nSPS) is 22.6. The molecular formula is C13H22N2O4. The van der Waals surface area contributed by atoms with Gasteiger partial charge in [-0.2, -0.15) is 0 Å². The minimum absolute atomic E-state index is 0.0643. The van der Waals surface area contributed by atoms with E-state index in [1.165, 1.54) is 7.11 Å². The molecule has 2 unspecified atom stereocenters. The van der Waals surface area contributed by atoms with Crippen LogP contribution in [0.1, 0.15) is 39.0 Å². The molecule has 2 N–H and O–H groups in total. The molecule has 0 spiro atoms. The van der Waals surface area contributed by atoms with Gasteiger partial charge in [-0.25, -0.2) is 0 Å². The van der Waals surface area contributed by atoms with Crippen LogP contribution in [-0.2, 0) is 19.1 Å². The highest BCUT2D eigenvalue weighted by Crippen LogP contribution is 2.28. The number of ether oxygens (including phenoxy) is 1. The summed E-state index contributed by atoms with van der Waals surface area (Å²) in [6, 6.07) is 0.0643. The van der Waals surface area contributed by atoms with E-state index in [1.807, 2.05) is 6.92 Å². The van der Waals surface area contributed by atoms with Gasteiger partial charge in [-0.15, -0.1) is 0 Å². The summed E-state index contributed by atoms with van der Waals surface area (Å²) in [7, 11) is 1.29. The van der Waals surface area contributed by atoms with Crippen LogP contribution in [0.15, 0.2) is 0 Å². The van der Waals surface area contributed by atoms with Gasteiger partial charge in [0.05, 0.1) is 7.11 Å². The van der Waals surface area contributed by atoms with Gasteiger partial charge >= 0.3 is 5.97 Å². The summed E-state index contributed by atoms with van der Waals surface area (Å²) < 4.78 is 4.66. The molecule has 1 rings (SSSR count). The van der Waals surface area contributed by atoms with Crippen molar-refractivity contribution < 1.29 is 19.1 Å². The van der Waals surface area contributed by atoms with Crippen molar-refractivity contribution in [3.05, 3.63) is 0 Å². The first-order valence-electron chi connectivity index (χ1n) is 6.67. The highest BCUT2D eigenvalue weighted by atomic mass is 16.5. The molecule has 0 saturated carbocycles. The van der Waals surface area contributed by atoms with Crippen molar-refractivity contribution in [3.63, 3.8) is 0 Å². The number of carbonyl (C=O) groups excluding carboxylic acids is 3. The van der Waals surface area contributed by atoms with Gasteiger partial charge in [-0.1, -0.05) is 13.3 Å². The molecule has 2 atom stereocenters. The number of rotatable bonds is 7. The van der Waals surface area contributed by atoms with Crippen molar-refractivity contribution in [2.45, 2.75) is 45.1 Å². The molecule has 0 aromatic carbocycles. The van der Waals surface area contributed by atoms with Crippen molar-refractivity contribution in [2.75, 3.05) is 13.7 Å². The van der Waals surface area contributed by atoms with Gasteiger partial charge in [-0.3, -0.25) is 14.4 Å². The van der Waals surface area contributed by atoms with E-state index in [2.05, 4.69) is 4.74 Å². The molecule has 0 bridgehead atoms. The van der Waals surface area contributed by atoms with E-state index in [1.54, 1.807) is 4.90 Å². The van der Waals surface area contributed by atoms with Crippen LogP contribution in [0.3, 0.4) is 0 Å². The Hall–Kier alpha value is -1.59. The van der Waals surface area contributed by atoms with Crippen LogP contribution in [0.2, 0.25) is 0 Å². The third kappa shape index (κ3) is 3.94. The van der Waals surface area contributed by atoms with Crippen molar-refractivity contribution in [3.8, 4) is 0 Å². The fourth-order valence-corrected chi connectivity index (χ4v) is 2.54. The van der Waals surface area contributed by atoms with Gasteiger partial charge in [0.2, 0.25) is 11.8 Å². The summed E-state index contributed by atoms with van der Waals surface area (Å²) in [5.74, 6) is -1.71. The fourth-order valence-electron chi connectivity index (χ4n) is 2.54. The van der Waals surface area contributed by atoms with E-state index >= 15 is 0 Å². The second-order valence-corrected chi connectivity index (χ2v) is 4.86. The Morgan fingerprint density at radius 3 is 2.68 bits per heavy atom. The quantitative estimate of drug-likeness (QED) is 0.537. The van der Waals surface area contributed by atoms with Gasteiger partial charge in [0.15, 0.2) is 0 Å². The second-order valence-electron chi connectivity index (χ2n) is 4.86. The second kappa shape index (κ2) is 7.11. The summed E-state index contributed by atoms with van der Waals surface area (Å²) in [6.45, 7) is 2.51. The van der Waals surface area contributed by atoms with Crippen LogP contribution >= 0.6 is 0 Å². The molecule has 0 aliphatic carbocycles. The minimum Gasteiger partial charge on any atom is -0.468 e. The van der Waals surface area contributed by atoms with Crippen molar-refractivity contribution in [1.82, 2.24) is 4.90 Å². The molecule has 6 heteroatoms. The minimum atomic E-state index is -0.685. The summed E-state index contributed by atoms with van der Waals surface area (Å²) in [5, 5.41) is 0. The third-order valence-electron chi connectivity index (χ3n) is 3.46. The molecular weight excluding hydrogens is 248 g/mol. The molecule has 1 aliphatic rings. The number of nitrogens with two attached hydrogens (primary N) is 1. The largest absolute Gasteiger partial charge is 0.468 e. The number of esters is 1. The summed E-state index contributed by atoms with van der Waals surface area (Å²) in [4.78, 5) is 36.2. The van der Waals surface area contributed by atoms with Crippen molar-refractivity contribution in [1.29, 1.82) is 0 Å². The number of methoxy groups -OCH3 is 1. The highest BCUT2D eigenvalue weighted by Gasteiger charge is 2.43. The predicted octanol–water partition coefficient (Wildman–Crippen LogP) is 0.442. The SMILES string of the molecule is CCCC1CC(C(=O)OC)C(=O)N1CCCC(N)=O. The van der Waals surface area contributed by atoms with E-state index in [0.717, 1.165) is 12.8 Å². The molecule has 1 saturated heterocycles. The fraction of sp³-hybridized carbons (Fsp3) is 0.769. The zero-order chi connectivity index (χ0) is 14.4. The van der Waals surface area contributed by atoms with Gasteiger partial charge in [0, 0.05) is 19.0 Å². The van der Waals surface area contributed by atoms with Crippen molar-refractivity contribution >= 4 is 17.8 Å². The lowest BCUT2D eigenvalue weighted by Gasteiger charge is -2.24. The average molecular weight is 270 g/mol. The lowest BCUT2D eigenvalue weighted by atomic mass is 10.0. The zero-order valence-corrected chi connectivity index (χ0v) is 11.6. The van der Waals surface area contributed by atoms with Crippen LogP contribution in [-0.4, -0.2) is 42.4 Å². The van der Waals surface area contributed by atoms with E-state index in [0.29, 0.717) is 19.4 Å². The lowest BCUT2D eigenvalue weighted by molar-refractivity contribution is -0.150. The Labute approximate surface area is 113 Å². The molecule has 1 fully saturated rings. The number of carbonyl (C=O) groups is 3. The number of hydrogen-bond acceptors (Lipinski definition) is 4. The number of hydrogen-bond donors (Lipinski definition) is 1. The number of amides is 2. The Morgan fingerprint density at radius 1 is 1.47 bits per heavy atom. The molecule has 1 aliphatic heterocycles. The third-order valence-corrected chi connectivity index (χ3v) is 3.46. The number of likely N-dealkylation sites (tertiary alicyclic amines) is 1. The number of primary amides is 1. The highest BCUT2D eigenvalue weighted by molar-refractivity contribution is 5.99. The summed E-state index contributed by atoms with van der Waals surface area (Å²) in [5.41, 5.74) is 5.09. The van der Waals surface area contributed by atoms with Crippen LogP contribution < -0.4 is 5.73 Å². The van der Waals surface area contributed by atoms with E-state index in [-0.39, 0.29) is 24.3 Å². The molecule has 2 amide bonds. The zero-order valence-electron chi connectivity index (χ0n) is 11.6. The number of nitrogens with zero attached hydrogens (tertiary/aromatic N) is 1. The maximum atomic E-state index is 12.2. The Kier molecular flexibility index (Phi) is 5.79. The van der Waals surface area contributed by atoms with Gasteiger partial charge in [0.25, 0.3) is 0 Å². The van der Waals surface area contributed by atoms with Crippen molar-refractivity contribution in [2.24, 2.45) is 11.7 Å². The standard InChI is InChI=1S/C13H22N2O4/c1-3-5-9-8-10(13(18)19-2)12(17)15(9)7-4-6-11(14)16/h9-10H,3-8H2,1-2H3,(H2,14,16). The first-order chi connectivity index (χ1) is 9.01. The monoisotopic (exact) mass is 270 g/mol. The maximum absolute atomic E-state index is 12.2. The molecule has 19 heavy (non-hydrogen) atoms. The maximum Gasteiger partial charge on any atom is 0.318 e. The first-order valence-corrected chi connectivity index (χ1v) is 6.67. The lowest BCUT2D eigenvalue weighted by Crippen LogP contribution is -2.36. The molecule has 0 aromatic heterocycles. The van der Waals surface area contributed by atoms with E-state index < -0.39 is 11.9 Å². The molecule has 108 valence electrons. The van der Waals surface area contributed by atoms with Gasteiger partial charge < -0.3 is 15.4 Å². The Bertz CT molecular complexity index is 357. The Morgan fingerprint density at radius 2 is 2.16 bits per heavy atom. The first kappa shape index (κ1) is 15.5. The molecule has 1 heterocycles. The molecule has 0 aromatic rings. The van der Waals surface area contributed by atoms with E-state index in [4.69, 9.17) is 5.73 Å². The van der Waals surface area contributed by atoms with Gasteiger partial charge in [-0.05, 0) is 19.3 Å². The van der Waals surface area contributed by atoms with Crippen LogP contribution in [0.4, 0.5) is 0 Å². The van der Waals surface area contributed by atoms with Gasteiger partial charge in [0.1, 0.15) is 5.92 Å². The summed E-state index contributed by atoms with van der Waals surface area (Å²) in [6.07, 6.45) is 3.10. The molecule has 0 radical (unpaired) electrons. The van der Waals surface area contributed by atoms with Crippen LogP contribution in [0, 0.1) is 5.92 Å². The smallest absolute Gasteiger partial charge is 0.318 e. The van der Waals surface area contributed by atoms with Crippen LogP contribution in [0.25, 0.3) is 0 Å². The van der Waals surface area contributed by atoms with Crippen LogP contribution in [0.5, 0.6) is 0 Å².